The fraction of sp³-hybridized carbons (Fsp3) is 0.500. The summed E-state index contributed by atoms with van der Waals surface area (Å²) in [6.45, 7) is 4.24. The van der Waals surface area contributed by atoms with Gasteiger partial charge in [-0.15, -0.1) is 11.3 Å². The maximum absolute atomic E-state index is 12.5. The maximum Gasteiger partial charge on any atom is 0.341 e. The van der Waals surface area contributed by atoms with Crippen LogP contribution < -0.4 is 5.32 Å². The van der Waals surface area contributed by atoms with Crippen molar-refractivity contribution in [3.8, 4) is 0 Å². The molecule has 25 heavy (non-hydrogen) atoms. The molecule has 0 fully saturated rings. The Morgan fingerprint density at radius 2 is 2.12 bits per heavy atom. The van der Waals surface area contributed by atoms with Crippen molar-refractivity contribution in [1.82, 2.24) is 9.78 Å². The second kappa shape index (κ2) is 7.39. The standard InChI is InChI=1S/C18H23N3O3S/c1-4-9-24-18(23)15-12-7-5-6-8-14(12)25-17(15)19-16(22)13-10-11(2)21(3)20-13/h10H,4-9H2,1-3H3,(H,19,22). The molecule has 2 heterocycles. The lowest BCUT2D eigenvalue weighted by Crippen LogP contribution is -2.16. The van der Waals surface area contributed by atoms with Gasteiger partial charge in [0.2, 0.25) is 0 Å². The number of aromatic nitrogens is 2. The molecule has 0 aromatic carbocycles. The first-order valence-electron chi connectivity index (χ1n) is 8.65. The van der Waals surface area contributed by atoms with E-state index < -0.39 is 0 Å². The molecule has 7 heteroatoms. The molecule has 0 bridgehead atoms. The van der Waals surface area contributed by atoms with Crippen LogP contribution in [0.1, 0.15) is 63.2 Å². The number of nitrogens with zero attached hydrogens (tertiary/aromatic N) is 2. The molecule has 0 unspecified atom stereocenters. The highest BCUT2D eigenvalue weighted by Gasteiger charge is 2.27. The SMILES string of the molecule is CCCOC(=O)c1c(NC(=O)c2cc(C)n(C)n2)sc2c1CCCC2. The highest BCUT2D eigenvalue weighted by molar-refractivity contribution is 7.17. The number of anilines is 1. The first kappa shape index (κ1) is 17.7. The number of amides is 1. The smallest absolute Gasteiger partial charge is 0.341 e. The summed E-state index contributed by atoms with van der Waals surface area (Å²) < 4.78 is 7.01. The van der Waals surface area contributed by atoms with Gasteiger partial charge in [-0.2, -0.15) is 5.10 Å². The second-order valence-corrected chi connectivity index (χ2v) is 7.40. The number of hydrogen-bond donors (Lipinski definition) is 1. The van der Waals surface area contributed by atoms with Crippen molar-refractivity contribution >= 4 is 28.2 Å². The number of carbonyl (C=O) groups excluding carboxylic acids is 2. The minimum atomic E-state index is -0.339. The summed E-state index contributed by atoms with van der Waals surface area (Å²) in [6, 6.07) is 1.73. The van der Waals surface area contributed by atoms with Crippen molar-refractivity contribution in [3.63, 3.8) is 0 Å². The van der Waals surface area contributed by atoms with E-state index in [1.807, 2.05) is 13.8 Å². The second-order valence-electron chi connectivity index (χ2n) is 6.30. The molecular weight excluding hydrogens is 338 g/mol. The lowest BCUT2D eigenvalue weighted by Gasteiger charge is -2.12. The Hall–Kier alpha value is -2.15. The van der Waals surface area contributed by atoms with Crippen LogP contribution in [0.4, 0.5) is 5.00 Å². The van der Waals surface area contributed by atoms with Crippen molar-refractivity contribution in [2.75, 3.05) is 11.9 Å². The molecule has 1 aliphatic carbocycles. The molecule has 2 aromatic rings. The molecule has 0 saturated carbocycles. The summed E-state index contributed by atoms with van der Waals surface area (Å²) in [6.07, 6.45) is 4.76. The number of thiophene rings is 1. The number of carbonyl (C=O) groups is 2. The fourth-order valence-corrected chi connectivity index (χ4v) is 4.25. The molecule has 0 spiro atoms. The number of hydrogen-bond acceptors (Lipinski definition) is 5. The largest absolute Gasteiger partial charge is 0.462 e. The van der Waals surface area contributed by atoms with Crippen molar-refractivity contribution < 1.29 is 14.3 Å². The third-order valence-corrected chi connectivity index (χ3v) is 5.59. The van der Waals surface area contributed by atoms with Crippen LogP contribution in [0.2, 0.25) is 0 Å². The predicted molar refractivity (Wildman–Crippen MR) is 97.4 cm³/mol. The van der Waals surface area contributed by atoms with Crippen LogP contribution in [0.3, 0.4) is 0 Å². The van der Waals surface area contributed by atoms with Gasteiger partial charge in [0.05, 0.1) is 12.2 Å². The van der Waals surface area contributed by atoms with E-state index in [-0.39, 0.29) is 11.9 Å². The summed E-state index contributed by atoms with van der Waals surface area (Å²) in [7, 11) is 1.80. The molecule has 1 N–H and O–H groups in total. The summed E-state index contributed by atoms with van der Waals surface area (Å²) in [5.74, 6) is -0.638. The Morgan fingerprint density at radius 3 is 2.80 bits per heavy atom. The number of aryl methyl sites for hydroxylation is 3. The van der Waals surface area contributed by atoms with Crippen LogP contribution in [-0.2, 0) is 24.6 Å². The number of esters is 1. The first-order valence-corrected chi connectivity index (χ1v) is 9.46. The highest BCUT2D eigenvalue weighted by Crippen LogP contribution is 2.38. The number of rotatable bonds is 5. The minimum Gasteiger partial charge on any atom is -0.462 e. The predicted octanol–water partition coefficient (Wildman–Crippen LogP) is 3.49. The van der Waals surface area contributed by atoms with Crippen molar-refractivity contribution in [3.05, 3.63) is 33.5 Å². The van der Waals surface area contributed by atoms with Crippen LogP contribution in [0.25, 0.3) is 0 Å². The quantitative estimate of drug-likeness (QED) is 0.828. The number of fused-ring (bicyclic) bond motifs is 1. The molecule has 0 aliphatic heterocycles. The van der Waals surface area contributed by atoms with Gasteiger partial charge in [0, 0.05) is 17.6 Å². The fourth-order valence-electron chi connectivity index (χ4n) is 2.98. The van der Waals surface area contributed by atoms with Crippen LogP contribution in [0, 0.1) is 6.92 Å². The highest BCUT2D eigenvalue weighted by atomic mass is 32.1. The van der Waals surface area contributed by atoms with Gasteiger partial charge in [-0.3, -0.25) is 9.48 Å². The van der Waals surface area contributed by atoms with Crippen molar-refractivity contribution in [1.29, 1.82) is 0 Å². The average Bonchev–Trinajstić information content (AvgIpc) is 3.12. The maximum atomic E-state index is 12.5. The molecule has 1 amide bonds. The van der Waals surface area contributed by atoms with Crippen LogP contribution >= 0.6 is 11.3 Å². The van der Waals surface area contributed by atoms with Gasteiger partial charge >= 0.3 is 5.97 Å². The molecular formula is C18H23N3O3S. The lowest BCUT2D eigenvalue weighted by molar-refractivity contribution is 0.0505. The molecule has 3 rings (SSSR count). The van der Waals surface area contributed by atoms with Gasteiger partial charge in [0.15, 0.2) is 5.69 Å². The van der Waals surface area contributed by atoms with Gasteiger partial charge in [0.25, 0.3) is 5.91 Å². The van der Waals surface area contributed by atoms with E-state index in [0.29, 0.717) is 22.9 Å². The normalized spacial score (nSPS) is 13.4. The van der Waals surface area contributed by atoms with Crippen LogP contribution in [0.5, 0.6) is 0 Å². The first-order chi connectivity index (χ1) is 12.0. The zero-order valence-corrected chi connectivity index (χ0v) is 15.7. The summed E-state index contributed by atoms with van der Waals surface area (Å²) in [5, 5.41) is 7.67. The number of nitrogens with one attached hydrogen (secondary N) is 1. The Labute approximate surface area is 151 Å². The van der Waals surface area contributed by atoms with E-state index in [4.69, 9.17) is 4.74 Å². The summed E-state index contributed by atoms with van der Waals surface area (Å²) in [5.41, 5.74) is 2.83. The van der Waals surface area contributed by atoms with E-state index in [0.717, 1.165) is 43.4 Å². The number of ether oxygens (including phenoxy) is 1. The zero-order valence-electron chi connectivity index (χ0n) is 14.8. The molecule has 134 valence electrons. The molecule has 0 atom stereocenters. The molecule has 0 radical (unpaired) electrons. The van der Waals surface area contributed by atoms with Crippen molar-refractivity contribution in [2.45, 2.75) is 46.0 Å². The summed E-state index contributed by atoms with van der Waals surface area (Å²) >= 11 is 1.49. The zero-order chi connectivity index (χ0) is 18.0. The Kier molecular flexibility index (Phi) is 5.22. The van der Waals surface area contributed by atoms with Crippen molar-refractivity contribution in [2.24, 2.45) is 7.05 Å². The average molecular weight is 361 g/mol. The van der Waals surface area contributed by atoms with Gasteiger partial charge < -0.3 is 10.1 Å². The lowest BCUT2D eigenvalue weighted by atomic mass is 9.95. The third kappa shape index (κ3) is 3.61. The topological polar surface area (TPSA) is 73.2 Å². The Bertz CT molecular complexity index is 787. The van der Waals surface area contributed by atoms with E-state index >= 15 is 0 Å². The van der Waals surface area contributed by atoms with Crippen LogP contribution in [0.15, 0.2) is 6.07 Å². The van der Waals surface area contributed by atoms with E-state index in [2.05, 4.69) is 10.4 Å². The van der Waals surface area contributed by atoms with E-state index in [9.17, 15) is 9.59 Å². The van der Waals surface area contributed by atoms with Gasteiger partial charge in [-0.05, 0) is 50.7 Å². The van der Waals surface area contributed by atoms with Gasteiger partial charge in [-0.1, -0.05) is 6.92 Å². The van der Waals surface area contributed by atoms with Crippen LogP contribution in [-0.4, -0.2) is 28.3 Å². The Balaban J connectivity index is 1.90. The summed E-state index contributed by atoms with van der Waals surface area (Å²) in [4.78, 5) is 26.3. The van der Waals surface area contributed by atoms with Gasteiger partial charge in [-0.25, -0.2) is 4.79 Å². The molecule has 1 aliphatic rings. The van der Waals surface area contributed by atoms with Gasteiger partial charge in [0.1, 0.15) is 5.00 Å². The minimum absolute atomic E-state index is 0.299. The third-order valence-electron chi connectivity index (χ3n) is 4.39. The molecule has 0 saturated heterocycles. The Morgan fingerprint density at radius 1 is 1.36 bits per heavy atom. The van der Waals surface area contributed by atoms with E-state index in [1.165, 1.54) is 16.2 Å². The van der Waals surface area contributed by atoms with E-state index in [1.54, 1.807) is 17.8 Å². The molecule has 6 nitrogen and oxygen atoms in total. The molecule has 2 aromatic heterocycles. The monoisotopic (exact) mass is 361 g/mol.